The monoisotopic (exact) mass is 416 g/mol. The van der Waals surface area contributed by atoms with E-state index in [1.54, 1.807) is 30.3 Å². The van der Waals surface area contributed by atoms with Crippen molar-refractivity contribution in [2.75, 3.05) is 19.1 Å². The minimum absolute atomic E-state index is 0.155. The van der Waals surface area contributed by atoms with Crippen LogP contribution in [-0.2, 0) is 25.6 Å². The van der Waals surface area contributed by atoms with Crippen molar-refractivity contribution in [3.05, 3.63) is 69.8 Å². The Bertz CT molecular complexity index is 945. The standard InChI is InChI=1S/C20H20N2O8/c1-13(18(23)28-2)21(20(25)30-12-14-8-5-4-6-9-14)17-15(19(24)29-3)10-7-11-16(17)22(26)27/h4-11,13H,12H2,1-3H3. The van der Waals surface area contributed by atoms with Gasteiger partial charge in [-0.05, 0) is 18.6 Å². The van der Waals surface area contributed by atoms with Crippen molar-refractivity contribution in [1.29, 1.82) is 0 Å². The second-order valence-electron chi connectivity index (χ2n) is 6.03. The number of benzene rings is 2. The second kappa shape index (κ2) is 10.0. The maximum Gasteiger partial charge on any atom is 0.415 e. The molecule has 0 heterocycles. The highest BCUT2D eigenvalue weighted by atomic mass is 16.6. The van der Waals surface area contributed by atoms with Crippen LogP contribution in [0.25, 0.3) is 0 Å². The number of nitro benzene ring substituents is 1. The van der Waals surface area contributed by atoms with Crippen molar-refractivity contribution >= 4 is 29.4 Å². The molecule has 0 saturated carbocycles. The molecule has 2 aromatic carbocycles. The Balaban J connectivity index is 2.57. The van der Waals surface area contributed by atoms with Crippen LogP contribution in [0.2, 0.25) is 0 Å². The van der Waals surface area contributed by atoms with Gasteiger partial charge in [-0.2, -0.15) is 0 Å². The van der Waals surface area contributed by atoms with Gasteiger partial charge in [-0.25, -0.2) is 14.4 Å². The molecule has 0 saturated heterocycles. The lowest BCUT2D eigenvalue weighted by molar-refractivity contribution is -0.384. The molecule has 1 atom stereocenters. The molecule has 0 radical (unpaired) electrons. The molecule has 0 fully saturated rings. The number of hydrogen-bond acceptors (Lipinski definition) is 8. The second-order valence-corrected chi connectivity index (χ2v) is 6.03. The van der Waals surface area contributed by atoms with E-state index in [0.717, 1.165) is 25.2 Å². The lowest BCUT2D eigenvalue weighted by Crippen LogP contribution is -2.45. The first-order chi connectivity index (χ1) is 14.3. The molecule has 30 heavy (non-hydrogen) atoms. The van der Waals surface area contributed by atoms with Crippen molar-refractivity contribution in [2.24, 2.45) is 0 Å². The largest absolute Gasteiger partial charge is 0.467 e. The molecule has 1 amide bonds. The van der Waals surface area contributed by atoms with Crippen LogP contribution in [0.15, 0.2) is 48.5 Å². The summed E-state index contributed by atoms with van der Waals surface area (Å²) in [5, 5.41) is 11.6. The minimum atomic E-state index is -1.33. The Morgan fingerprint density at radius 1 is 1.03 bits per heavy atom. The highest BCUT2D eigenvalue weighted by Gasteiger charge is 2.37. The Morgan fingerprint density at radius 2 is 1.70 bits per heavy atom. The molecule has 0 aliphatic rings. The number of anilines is 1. The van der Waals surface area contributed by atoms with Crippen molar-refractivity contribution < 1.29 is 33.5 Å². The summed E-state index contributed by atoms with van der Waals surface area (Å²) in [5.41, 5.74) is -0.623. The quantitative estimate of drug-likeness (QED) is 0.292. The molecular weight excluding hydrogens is 396 g/mol. The van der Waals surface area contributed by atoms with E-state index in [2.05, 4.69) is 9.47 Å². The number of rotatable bonds is 7. The zero-order valence-electron chi connectivity index (χ0n) is 16.6. The fourth-order valence-corrected chi connectivity index (χ4v) is 2.71. The van der Waals surface area contributed by atoms with Crippen LogP contribution in [0, 0.1) is 10.1 Å². The van der Waals surface area contributed by atoms with E-state index in [-0.39, 0.29) is 12.2 Å². The van der Waals surface area contributed by atoms with Crippen LogP contribution < -0.4 is 4.90 Å². The summed E-state index contributed by atoms with van der Waals surface area (Å²) in [6.07, 6.45) is -1.07. The molecule has 0 aliphatic carbocycles. The van der Waals surface area contributed by atoms with Crippen LogP contribution in [0.4, 0.5) is 16.2 Å². The molecule has 0 aromatic heterocycles. The van der Waals surface area contributed by atoms with Crippen LogP contribution in [0.1, 0.15) is 22.8 Å². The normalized spacial score (nSPS) is 11.2. The molecule has 158 valence electrons. The molecule has 2 aromatic rings. The number of para-hydroxylation sites is 1. The molecule has 10 nitrogen and oxygen atoms in total. The Kier molecular flexibility index (Phi) is 7.45. The number of methoxy groups -OCH3 is 2. The molecule has 10 heteroatoms. The molecule has 0 spiro atoms. The van der Waals surface area contributed by atoms with Gasteiger partial charge in [0.05, 0.1) is 24.7 Å². The van der Waals surface area contributed by atoms with Gasteiger partial charge in [-0.15, -0.1) is 0 Å². The third-order valence-corrected chi connectivity index (χ3v) is 4.19. The average molecular weight is 416 g/mol. The van der Waals surface area contributed by atoms with Crippen molar-refractivity contribution in [3.8, 4) is 0 Å². The average Bonchev–Trinajstić information content (AvgIpc) is 2.77. The van der Waals surface area contributed by atoms with Gasteiger partial charge < -0.3 is 14.2 Å². The SMILES string of the molecule is COC(=O)c1cccc([N+](=O)[O-])c1N(C(=O)OCc1ccccc1)C(C)C(=O)OC. The summed E-state index contributed by atoms with van der Waals surface area (Å²) < 4.78 is 14.6. The van der Waals surface area contributed by atoms with Gasteiger partial charge in [0.2, 0.25) is 0 Å². The van der Waals surface area contributed by atoms with Gasteiger partial charge in [0.1, 0.15) is 18.3 Å². The van der Waals surface area contributed by atoms with Crippen molar-refractivity contribution in [2.45, 2.75) is 19.6 Å². The minimum Gasteiger partial charge on any atom is -0.467 e. The van der Waals surface area contributed by atoms with E-state index in [4.69, 9.17) is 4.74 Å². The predicted octanol–water partition coefficient (Wildman–Crippen LogP) is 3.09. The Labute approximate surface area is 172 Å². The molecule has 1 unspecified atom stereocenters. The third kappa shape index (κ3) is 4.90. The third-order valence-electron chi connectivity index (χ3n) is 4.19. The molecule has 2 rings (SSSR count). The number of amides is 1. The van der Waals surface area contributed by atoms with Gasteiger partial charge >= 0.3 is 18.0 Å². The lowest BCUT2D eigenvalue weighted by Gasteiger charge is -2.27. The first-order valence-electron chi connectivity index (χ1n) is 8.75. The summed E-state index contributed by atoms with van der Waals surface area (Å²) in [6.45, 7) is 1.14. The van der Waals surface area contributed by atoms with Gasteiger partial charge in [0.15, 0.2) is 0 Å². The van der Waals surface area contributed by atoms with Gasteiger partial charge in [0.25, 0.3) is 5.69 Å². The Morgan fingerprint density at radius 3 is 2.27 bits per heavy atom. The number of nitro groups is 1. The number of carbonyl (C=O) groups excluding carboxylic acids is 3. The number of nitrogens with zero attached hydrogens (tertiary/aromatic N) is 2. The van der Waals surface area contributed by atoms with E-state index >= 15 is 0 Å². The topological polar surface area (TPSA) is 125 Å². The zero-order valence-corrected chi connectivity index (χ0v) is 16.6. The highest BCUT2D eigenvalue weighted by Crippen LogP contribution is 2.35. The summed E-state index contributed by atoms with van der Waals surface area (Å²) in [7, 11) is 2.19. The Hall–Kier alpha value is -3.95. The molecule has 0 aliphatic heterocycles. The number of esters is 2. The number of carbonyl (C=O) groups is 3. The lowest BCUT2D eigenvalue weighted by atomic mass is 10.1. The van der Waals surface area contributed by atoms with E-state index < -0.39 is 40.4 Å². The molecule has 0 N–H and O–H groups in total. The number of hydrogen-bond donors (Lipinski definition) is 0. The van der Waals surface area contributed by atoms with E-state index in [1.165, 1.54) is 19.1 Å². The van der Waals surface area contributed by atoms with Gasteiger partial charge in [-0.1, -0.05) is 36.4 Å². The summed E-state index contributed by atoms with van der Waals surface area (Å²) in [4.78, 5) is 48.9. The number of ether oxygens (including phenoxy) is 3. The van der Waals surface area contributed by atoms with Crippen molar-refractivity contribution in [1.82, 2.24) is 0 Å². The first kappa shape index (κ1) is 22.3. The molecular formula is C20H20N2O8. The highest BCUT2D eigenvalue weighted by molar-refractivity contribution is 6.06. The van der Waals surface area contributed by atoms with Gasteiger partial charge in [-0.3, -0.25) is 15.0 Å². The predicted molar refractivity (Wildman–Crippen MR) is 105 cm³/mol. The first-order valence-corrected chi connectivity index (χ1v) is 8.75. The van der Waals surface area contributed by atoms with Crippen LogP contribution >= 0.6 is 0 Å². The van der Waals surface area contributed by atoms with Crippen LogP contribution in [-0.4, -0.2) is 43.2 Å². The van der Waals surface area contributed by atoms with E-state index in [9.17, 15) is 24.5 Å². The van der Waals surface area contributed by atoms with Crippen molar-refractivity contribution in [3.63, 3.8) is 0 Å². The molecule has 0 bridgehead atoms. The fraction of sp³-hybridized carbons (Fsp3) is 0.250. The summed E-state index contributed by atoms with van der Waals surface area (Å²) >= 11 is 0. The smallest absolute Gasteiger partial charge is 0.415 e. The van der Waals surface area contributed by atoms with Crippen LogP contribution in [0.3, 0.4) is 0 Å². The summed E-state index contributed by atoms with van der Waals surface area (Å²) in [6, 6.07) is 11.0. The zero-order chi connectivity index (χ0) is 22.3. The van der Waals surface area contributed by atoms with Gasteiger partial charge in [0, 0.05) is 6.07 Å². The van der Waals surface area contributed by atoms with Crippen LogP contribution in [0.5, 0.6) is 0 Å². The van der Waals surface area contributed by atoms with E-state index in [1.807, 2.05) is 0 Å². The maximum absolute atomic E-state index is 12.9. The van der Waals surface area contributed by atoms with E-state index in [0.29, 0.717) is 5.56 Å². The maximum atomic E-state index is 12.9. The fourth-order valence-electron chi connectivity index (χ4n) is 2.71. The summed E-state index contributed by atoms with van der Waals surface area (Å²) in [5.74, 6) is -1.78.